The van der Waals surface area contributed by atoms with Crippen LogP contribution in [0.4, 0.5) is 0 Å². The number of fused-ring (bicyclic) bond motifs is 1. The Hall–Kier alpha value is -2.10. The summed E-state index contributed by atoms with van der Waals surface area (Å²) < 4.78 is 0. The van der Waals surface area contributed by atoms with Crippen LogP contribution >= 0.6 is 0 Å². The van der Waals surface area contributed by atoms with Crippen LogP contribution in [0, 0.1) is 6.92 Å². The predicted molar refractivity (Wildman–Crippen MR) is 83.0 cm³/mol. The molecule has 0 aromatic heterocycles. The highest BCUT2D eigenvalue weighted by molar-refractivity contribution is 6.11. The van der Waals surface area contributed by atoms with Crippen molar-refractivity contribution < 1.29 is 4.79 Å². The number of allylic oxidation sites excluding steroid dienone is 1. The first kappa shape index (κ1) is 14.3. The second-order valence-corrected chi connectivity index (χ2v) is 5.32. The van der Waals surface area contributed by atoms with Crippen LogP contribution in [0.3, 0.4) is 0 Å². The number of nitrogens with zero attached hydrogens (tertiary/aromatic N) is 1. The number of nitrogens with one attached hydrogen (secondary N) is 1. The number of hydrogen-bond donors (Lipinski definition) is 2. The summed E-state index contributed by atoms with van der Waals surface area (Å²) in [7, 11) is 0. The Kier molecular flexibility index (Phi) is 4.23. The molecule has 0 atom stereocenters. The molecule has 1 aromatic carbocycles. The number of benzene rings is 1. The Morgan fingerprint density at radius 1 is 1.45 bits per heavy atom. The van der Waals surface area contributed by atoms with E-state index in [1.807, 2.05) is 26.8 Å². The van der Waals surface area contributed by atoms with Crippen LogP contribution < -0.4 is 11.1 Å². The Morgan fingerprint density at radius 3 is 2.85 bits per heavy atom. The smallest absolute Gasteiger partial charge is 0.251 e. The van der Waals surface area contributed by atoms with Crippen molar-refractivity contribution >= 4 is 17.7 Å². The van der Waals surface area contributed by atoms with Crippen molar-refractivity contribution in [2.45, 2.75) is 33.2 Å². The lowest BCUT2D eigenvalue weighted by molar-refractivity contribution is 0.0946. The van der Waals surface area contributed by atoms with Crippen molar-refractivity contribution in [3.63, 3.8) is 0 Å². The van der Waals surface area contributed by atoms with E-state index in [9.17, 15) is 4.79 Å². The quantitative estimate of drug-likeness (QED) is 0.826. The van der Waals surface area contributed by atoms with Crippen LogP contribution in [0.5, 0.6) is 0 Å². The van der Waals surface area contributed by atoms with Gasteiger partial charge in [0.2, 0.25) is 0 Å². The molecule has 0 fully saturated rings. The molecule has 2 rings (SSSR count). The molecule has 4 nitrogen and oxygen atoms in total. The summed E-state index contributed by atoms with van der Waals surface area (Å²) in [5.41, 5.74) is 10.5. The first-order valence-electron chi connectivity index (χ1n) is 6.90. The maximum absolute atomic E-state index is 11.9. The minimum Gasteiger partial charge on any atom is -0.404 e. The van der Waals surface area contributed by atoms with Gasteiger partial charge in [0, 0.05) is 36.1 Å². The van der Waals surface area contributed by atoms with Gasteiger partial charge < -0.3 is 11.1 Å². The lowest BCUT2D eigenvalue weighted by Crippen LogP contribution is -2.32. The van der Waals surface area contributed by atoms with Crippen molar-refractivity contribution in [1.29, 1.82) is 0 Å². The number of carbonyl (C=O) groups is 1. The number of aryl methyl sites for hydroxylation is 1. The maximum Gasteiger partial charge on any atom is 0.251 e. The van der Waals surface area contributed by atoms with Gasteiger partial charge in [-0.25, -0.2) is 0 Å². The highest BCUT2D eigenvalue weighted by atomic mass is 16.1. The molecule has 106 valence electrons. The number of rotatable bonds is 3. The lowest BCUT2D eigenvalue weighted by atomic mass is 9.91. The average Bonchev–Trinajstić information content (AvgIpc) is 2.40. The van der Waals surface area contributed by atoms with Crippen LogP contribution in [0.1, 0.15) is 40.9 Å². The number of amides is 1. The van der Waals surface area contributed by atoms with Gasteiger partial charge in [0.1, 0.15) is 0 Å². The second kappa shape index (κ2) is 5.90. The minimum atomic E-state index is -0.00957. The molecular formula is C16H21N3O. The Balaban J connectivity index is 2.46. The van der Waals surface area contributed by atoms with Gasteiger partial charge in [0.05, 0.1) is 0 Å². The van der Waals surface area contributed by atoms with E-state index in [4.69, 9.17) is 5.73 Å². The van der Waals surface area contributed by atoms with E-state index >= 15 is 0 Å². The van der Waals surface area contributed by atoms with E-state index in [1.54, 1.807) is 12.4 Å². The molecule has 0 saturated carbocycles. The number of hydrogen-bond acceptors (Lipinski definition) is 3. The molecule has 3 N–H and O–H groups in total. The molecule has 1 aliphatic rings. The molecule has 0 radical (unpaired) electrons. The molecule has 1 aromatic rings. The number of nitrogens with two attached hydrogens (primary N) is 1. The Labute approximate surface area is 119 Å². The maximum atomic E-state index is 11.9. The van der Waals surface area contributed by atoms with Gasteiger partial charge in [-0.2, -0.15) is 0 Å². The highest BCUT2D eigenvalue weighted by Crippen LogP contribution is 2.24. The molecule has 4 heteroatoms. The van der Waals surface area contributed by atoms with Gasteiger partial charge in [-0.3, -0.25) is 9.79 Å². The fourth-order valence-corrected chi connectivity index (χ4v) is 2.33. The van der Waals surface area contributed by atoms with Crippen molar-refractivity contribution in [3.05, 3.63) is 40.6 Å². The zero-order chi connectivity index (χ0) is 14.7. The summed E-state index contributed by atoms with van der Waals surface area (Å²) in [5, 5.41) is 2.87. The summed E-state index contributed by atoms with van der Waals surface area (Å²) in [6.45, 7) is 6.77. The molecule has 20 heavy (non-hydrogen) atoms. The fraction of sp³-hybridized carbons (Fsp3) is 0.375. The highest BCUT2D eigenvalue weighted by Gasteiger charge is 2.18. The summed E-state index contributed by atoms with van der Waals surface area (Å²) in [6, 6.07) is 4.21. The number of aliphatic imine (C=N–C) groups is 1. The molecule has 1 amide bonds. The zero-order valence-corrected chi connectivity index (χ0v) is 12.2. The van der Waals surface area contributed by atoms with E-state index in [2.05, 4.69) is 16.4 Å². The third kappa shape index (κ3) is 2.90. The number of carbonyl (C=O) groups excluding carboxylic acids is 1. The van der Waals surface area contributed by atoms with E-state index < -0.39 is 0 Å². The fourth-order valence-electron chi connectivity index (χ4n) is 2.33. The van der Waals surface area contributed by atoms with E-state index in [0.29, 0.717) is 6.54 Å². The van der Waals surface area contributed by atoms with E-state index in [1.165, 1.54) is 0 Å². The first-order valence-corrected chi connectivity index (χ1v) is 6.90. The van der Waals surface area contributed by atoms with Gasteiger partial charge in [-0.05, 0) is 49.9 Å². The molecular weight excluding hydrogens is 250 g/mol. The van der Waals surface area contributed by atoms with Crippen molar-refractivity contribution in [3.8, 4) is 0 Å². The summed E-state index contributed by atoms with van der Waals surface area (Å²) in [4.78, 5) is 16.3. The van der Waals surface area contributed by atoms with Gasteiger partial charge >= 0.3 is 0 Å². The van der Waals surface area contributed by atoms with E-state index in [0.717, 1.165) is 34.2 Å². The van der Waals surface area contributed by atoms with Gasteiger partial charge in [0.15, 0.2) is 0 Å². The van der Waals surface area contributed by atoms with Crippen molar-refractivity contribution in [2.24, 2.45) is 10.7 Å². The second-order valence-electron chi connectivity index (χ2n) is 5.32. The third-order valence-electron chi connectivity index (χ3n) is 3.38. The SMILES string of the molecule is Cc1cc2c(cc1C(C=NC(C)C)=CN)C(=O)NCC2. The van der Waals surface area contributed by atoms with Crippen LogP contribution in [0.2, 0.25) is 0 Å². The Bertz CT molecular complexity index is 586. The normalized spacial score (nSPS) is 15.6. The van der Waals surface area contributed by atoms with Crippen molar-refractivity contribution in [2.75, 3.05) is 6.54 Å². The van der Waals surface area contributed by atoms with E-state index in [-0.39, 0.29) is 11.9 Å². The monoisotopic (exact) mass is 271 g/mol. The van der Waals surface area contributed by atoms with Crippen LogP contribution in [-0.2, 0) is 6.42 Å². The van der Waals surface area contributed by atoms with Crippen LogP contribution in [-0.4, -0.2) is 24.7 Å². The predicted octanol–water partition coefficient (Wildman–Crippen LogP) is 2.06. The van der Waals surface area contributed by atoms with Crippen LogP contribution in [0.15, 0.2) is 23.3 Å². The van der Waals surface area contributed by atoms with Crippen molar-refractivity contribution in [1.82, 2.24) is 5.32 Å². The standard InChI is InChI=1S/C16H21N3O/c1-10(2)19-9-13(8-17)14-7-15-12(6-11(14)3)4-5-18-16(15)20/h6-10H,4-5,17H2,1-3H3,(H,18,20). The molecule has 0 spiro atoms. The molecule has 0 aliphatic carbocycles. The summed E-state index contributed by atoms with van der Waals surface area (Å²) >= 11 is 0. The largest absolute Gasteiger partial charge is 0.404 e. The van der Waals surface area contributed by atoms with Gasteiger partial charge in [-0.15, -0.1) is 0 Å². The Morgan fingerprint density at radius 2 is 2.20 bits per heavy atom. The zero-order valence-electron chi connectivity index (χ0n) is 12.2. The molecule has 0 bridgehead atoms. The van der Waals surface area contributed by atoms with Crippen LogP contribution in [0.25, 0.3) is 5.57 Å². The lowest BCUT2D eigenvalue weighted by Gasteiger charge is -2.19. The first-order chi connectivity index (χ1) is 9.52. The third-order valence-corrected chi connectivity index (χ3v) is 3.38. The topological polar surface area (TPSA) is 67.5 Å². The molecule has 1 aliphatic heterocycles. The summed E-state index contributed by atoms with van der Waals surface area (Å²) in [6.07, 6.45) is 4.20. The summed E-state index contributed by atoms with van der Waals surface area (Å²) in [5.74, 6) is -0.00957. The molecule has 0 unspecified atom stereocenters. The average molecular weight is 271 g/mol. The van der Waals surface area contributed by atoms with Gasteiger partial charge in [0.25, 0.3) is 5.91 Å². The molecule has 0 saturated heterocycles. The minimum absolute atomic E-state index is 0.00957. The van der Waals surface area contributed by atoms with Gasteiger partial charge in [-0.1, -0.05) is 6.07 Å². The molecule has 1 heterocycles.